The molecule has 1 N–H and O–H groups in total. The molecule has 0 atom stereocenters. The van der Waals surface area contributed by atoms with E-state index < -0.39 is 0 Å². The standard InChI is InChI=1S/C29H27ClN2O5S/c1-18(2)22-6-4-5-7-23(22)31-27(33)17-37-24-13-10-20(14-25(24)36-3)15-26-28(34)32(29(35)38-26)16-19-8-11-21(30)12-9-19/h4-15,18H,16-17H2,1-3H3,(H,31,33)/b26-15-. The molecule has 9 heteroatoms. The molecule has 0 aliphatic carbocycles. The molecule has 38 heavy (non-hydrogen) atoms. The van der Waals surface area contributed by atoms with Crippen molar-refractivity contribution in [1.29, 1.82) is 0 Å². The monoisotopic (exact) mass is 550 g/mol. The first-order valence-corrected chi connectivity index (χ1v) is 13.1. The number of amides is 3. The highest BCUT2D eigenvalue weighted by molar-refractivity contribution is 8.18. The summed E-state index contributed by atoms with van der Waals surface area (Å²) < 4.78 is 11.2. The first kappa shape index (κ1) is 27.3. The van der Waals surface area contributed by atoms with Crippen LogP contribution in [0.2, 0.25) is 5.02 Å². The van der Waals surface area contributed by atoms with Crippen molar-refractivity contribution in [1.82, 2.24) is 4.90 Å². The summed E-state index contributed by atoms with van der Waals surface area (Å²) in [5.74, 6) is 0.382. The zero-order valence-corrected chi connectivity index (χ0v) is 22.8. The van der Waals surface area contributed by atoms with E-state index in [1.165, 1.54) is 12.0 Å². The number of benzene rings is 3. The lowest BCUT2D eigenvalue weighted by Crippen LogP contribution is -2.27. The van der Waals surface area contributed by atoms with Gasteiger partial charge in [0.05, 0.1) is 18.6 Å². The fraction of sp³-hybridized carbons (Fsp3) is 0.207. The van der Waals surface area contributed by atoms with Gasteiger partial charge in [-0.05, 0) is 70.8 Å². The number of thioether (sulfide) groups is 1. The van der Waals surface area contributed by atoms with E-state index >= 15 is 0 Å². The van der Waals surface area contributed by atoms with Gasteiger partial charge in [-0.1, -0.05) is 61.8 Å². The molecule has 0 unspecified atom stereocenters. The Balaban J connectivity index is 1.42. The number of rotatable bonds is 9. The Morgan fingerprint density at radius 1 is 1.05 bits per heavy atom. The quantitative estimate of drug-likeness (QED) is 0.297. The number of nitrogens with one attached hydrogen (secondary N) is 1. The molecular formula is C29H27ClN2O5S. The normalized spacial score (nSPS) is 14.3. The Morgan fingerprint density at radius 3 is 2.50 bits per heavy atom. The molecule has 196 valence electrons. The summed E-state index contributed by atoms with van der Waals surface area (Å²) in [5, 5.41) is 3.14. The highest BCUT2D eigenvalue weighted by atomic mass is 35.5. The zero-order chi connectivity index (χ0) is 27.2. The number of ether oxygens (including phenoxy) is 2. The topological polar surface area (TPSA) is 84.9 Å². The smallest absolute Gasteiger partial charge is 0.293 e. The lowest BCUT2D eigenvalue weighted by Gasteiger charge is -2.15. The minimum absolute atomic E-state index is 0.166. The first-order chi connectivity index (χ1) is 18.2. The molecule has 1 heterocycles. The van der Waals surface area contributed by atoms with Gasteiger partial charge in [-0.25, -0.2) is 0 Å². The Morgan fingerprint density at radius 2 is 1.79 bits per heavy atom. The van der Waals surface area contributed by atoms with Gasteiger partial charge in [-0.15, -0.1) is 0 Å². The molecule has 0 aromatic heterocycles. The fourth-order valence-corrected chi connectivity index (χ4v) is 4.86. The molecule has 7 nitrogen and oxygen atoms in total. The lowest BCUT2D eigenvalue weighted by molar-refractivity contribution is -0.123. The number of carbonyl (C=O) groups excluding carboxylic acids is 3. The van der Waals surface area contributed by atoms with Crippen molar-refractivity contribution in [3.05, 3.63) is 93.3 Å². The Bertz CT molecular complexity index is 1390. The molecule has 0 saturated carbocycles. The second-order valence-corrected chi connectivity index (χ2v) is 10.3. The minimum atomic E-state index is -0.368. The SMILES string of the molecule is COc1cc(/C=C2\SC(=O)N(Cc3ccc(Cl)cc3)C2=O)ccc1OCC(=O)Nc1ccccc1C(C)C. The van der Waals surface area contributed by atoms with Crippen LogP contribution in [0.5, 0.6) is 11.5 Å². The first-order valence-electron chi connectivity index (χ1n) is 11.9. The predicted octanol–water partition coefficient (Wildman–Crippen LogP) is 6.73. The highest BCUT2D eigenvalue weighted by Crippen LogP contribution is 2.35. The summed E-state index contributed by atoms with van der Waals surface area (Å²) in [5.41, 5.74) is 3.25. The van der Waals surface area contributed by atoms with Crippen molar-refractivity contribution < 1.29 is 23.9 Å². The molecule has 1 fully saturated rings. The zero-order valence-electron chi connectivity index (χ0n) is 21.2. The maximum Gasteiger partial charge on any atom is 0.293 e. The van der Waals surface area contributed by atoms with Gasteiger partial charge < -0.3 is 14.8 Å². The largest absolute Gasteiger partial charge is 0.493 e. The molecule has 4 rings (SSSR count). The van der Waals surface area contributed by atoms with Crippen molar-refractivity contribution in [2.24, 2.45) is 0 Å². The van der Waals surface area contributed by atoms with E-state index in [1.54, 1.807) is 48.5 Å². The van der Waals surface area contributed by atoms with Crippen molar-refractivity contribution in [2.45, 2.75) is 26.3 Å². The Labute approximate surface area is 230 Å². The lowest BCUT2D eigenvalue weighted by atomic mass is 10.0. The van der Waals surface area contributed by atoms with Crippen molar-refractivity contribution >= 4 is 52.2 Å². The maximum atomic E-state index is 12.9. The molecule has 3 aromatic carbocycles. The van der Waals surface area contributed by atoms with E-state index in [4.69, 9.17) is 21.1 Å². The number of methoxy groups -OCH3 is 1. The second-order valence-electron chi connectivity index (χ2n) is 8.88. The molecule has 0 spiro atoms. The van der Waals surface area contributed by atoms with Crippen molar-refractivity contribution in [3.63, 3.8) is 0 Å². The molecule has 0 bridgehead atoms. The highest BCUT2D eigenvalue weighted by Gasteiger charge is 2.35. The Hall–Kier alpha value is -3.75. The second kappa shape index (κ2) is 12.2. The molecule has 1 aliphatic rings. The van der Waals surface area contributed by atoms with E-state index in [0.29, 0.717) is 27.0 Å². The third kappa shape index (κ3) is 6.57. The average Bonchev–Trinajstić information content (AvgIpc) is 3.16. The van der Waals surface area contributed by atoms with Gasteiger partial charge >= 0.3 is 0 Å². The van der Waals surface area contributed by atoms with Crippen LogP contribution in [0.15, 0.2) is 71.6 Å². The van der Waals surface area contributed by atoms with Crippen molar-refractivity contribution in [3.8, 4) is 11.5 Å². The third-order valence-corrected chi connectivity index (χ3v) is 6.99. The van der Waals surface area contributed by atoms with Gasteiger partial charge in [-0.2, -0.15) is 0 Å². The number of carbonyl (C=O) groups is 3. The summed E-state index contributed by atoms with van der Waals surface area (Å²) in [6.45, 7) is 4.09. The number of halogens is 1. The van der Waals surface area contributed by atoms with Crippen LogP contribution in [0.25, 0.3) is 6.08 Å². The molecule has 3 aromatic rings. The predicted molar refractivity (Wildman–Crippen MR) is 151 cm³/mol. The van der Waals surface area contributed by atoms with Gasteiger partial charge in [-0.3, -0.25) is 19.3 Å². The number of imide groups is 1. The number of nitrogens with zero attached hydrogens (tertiary/aromatic N) is 1. The number of para-hydroxylation sites is 1. The summed E-state index contributed by atoms with van der Waals surface area (Å²) >= 11 is 6.80. The van der Waals surface area contributed by atoms with E-state index in [9.17, 15) is 14.4 Å². The van der Waals surface area contributed by atoms with Gasteiger partial charge in [0.15, 0.2) is 18.1 Å². The summed E-state index contributed by atoms with van der Waals surface area (Å²) in [6.07, 6.45) is 1.63. The van der Waals surface area contributed by atoms with Crippen LogP contribution in [0, 0.1) is 0 Å². The van der Waals surface area contributed by atoms with E-state index in [2.05, 4.69) is 19.2 Å². The molecule has 0 radical (unpaired) electrons. The van der Waals surface area contributed by atoms with Crippen LogP contribution in [-0.2, 0) is 16.1 Å². The fourth-order valence-electron chi connectivity index (χ4n) is 3.90. The molecule has 3 amide bonds. The van der Waals surface area contributed by atoms with E-state index in [-0.39, 0.29) is 36.1 Å². The van der Waals surface area contributed by atoms with Gasteiger partial charge in [0.1, 0.15) is 0 Å². The summed E-state index contributed by atoms with van der Waals surface area (Å²) in [7, 11) is 1.49. The van der Waals surface area contributed by atoms with Gasteiger partial charge in [0.25, 0.3) is 17.1 Å². The van der Waals surface area contributed by atoms with Gasteiger partial charge in [0, 0.05) is 10.7 Å². The van der Waals surface area contributed by atoms with Crippen molar-refractivity contribution in [2.75, 3.05) is 19.0 Å². The van der Waals surface area contributed by atoms with E-state index in [1.807, 2.05) is 24.3 Å². The van der Waals surface area contributed by atoms with Crippen LogP contribution >= 0.6 is 23.4 Å². The van der Waals surface area contributed by atoms with Crippen LogP contribution < -0.4 is 14.8 Å². The third-order valence-electron chi connectivity index (χ3n) is 5.83. The van der Waals surface area contributed by atoms with Gasteiger partial charge in [0.2, 0.25) is 0 Å². The van der Waals surface area contributed by atoms with Crippen LogP contribution in [0.4, 0.5) is 10.5 Å². The van der Waals surface area contributed by atoms with E-state index in [0.717, 1.165) is 28.6 Å². The minimum Gasteiger partial charge on any atom is -0.493 e. The number of hydrogen-bond donors (Lipinski definition) is 1. The van der Waals surface area contributed by atoms with Crippen LogP contribution in [0.3, 0.4) is 0 Å². The van der Waals surface area contributed by atoms with Crippen LogP contribution in [-0.4, -0.2) is 35.7 Å². The Kier molecular flexibility index (Phi) is 8.76. The molecular weight excluding hydrogens is 524 g/mol. The average molecular weight is 551 g/mol. The molecule has 1 saturated heterocycles. The summed E-state index contributed by atoms with van der Waals surface area (Å²) in [4.78, 5) is 39.4. The number of hydrogen-bond acceptors (Lipinski definition) is 6. The van der Waals surface area contributed by atoms with Crippen LogP contribution in [0.1, 0.15) is 36.5 Å². The summed E-state index contributed by atoms with van der Waals surface area (Å²) in [6, 6.07) is 19.7. The maximum absolute atomic E-state index is 12.9. The number of anilines is 1. The molecule has 1 aliphatic heterocycles.